The van der Waals surface area contributed by atoms with Crippen molar-refractivity contribution < 1.29 is 17.9 Å². The predicted octanol–water partition coefficient (Wildman–Crippen LogP) is 1.91. The Hall–Kier alpha value is -2.09. The third-order valence-corrected chi connectivity index (χ3v) is 4.95. The fourth-order valence-corrected chi connectivity index (χ4v) is 3.21. The molecule has 7 heteroatoms. The molecule has 136 valence electrons. The summed E-state index contributed by atoms with van der Waals surface area (Å²) in [4.78, 5) is 0. The lowest BCUT2D eigenvalue weighted by Crippen LogP contribution is -2.31. The Morgan fingerprint density at radius 3 is 2.12 bits per heavy atom. The van der Waals surface area contributed by atoms with Crippen LogP contribution in [-0.2, 0) is 23.1 Å². The second kappa shape index (κ2) is 9.41. The second-order valence-corrected chi connectivity index (χ2v) is 7.45. The summed E-state index contributed by atoms with van der Waals surface area (Å²) in [6, 6.07) is 15.0. The highest BCUT2D eigenvalue weighted by Gasteiger charge is 2.09. The van der Waals surface area contributed by atoms with E-state index in [1.165, 1.54) is 0 Å². The molecule has 0 saturated carbocycles. The molecule has 0 bridgehead atoms. The fraction of sp³-hybridized carbons (Fsp3) is 0.333. The molecule has 0 spiro atoms. The highest BCUT2D eigenvalue weighted by molar-refractivity contribution is 7.89. The van der Waals surface area contributed by atoms with Crippen LogP contribution in [0.1, 0.15) is 11.1 Å². The molecule has 0 fully saturated rings. The monoisotopic (exact) mass is 364 g/mol. The number of nitrogens with one attached hydrogen (secondary N) is 2. The summed E-state index contributed by atoms with van der Waals surface area (Å²) >= 11 is 0. The SMILES string of the molecule is COc1cc(CNCCS(=O)(=O)NCc2ccccc2)cc(OC)c1. The molecule has 0 amide bonds. The van der Waals surface area contributed by atoms with Crippen LogP contribution in [0.3, 0.4) is 0 Å². The summed E-state index contributed by atoms with van der Waals surface area (Å²) in [6.45, 7) is 1.18. The van der Waals surface area contributed by atoms with Crippen LogP contribution in [-0.4, -0.2) is 34.9 Å². The van der Waals surface area contributed by atoms with Gasteiger partial charge >= 0.3 is 0 Å². The first-order chi connectivity index (χ1) is 12.0. The molecule has 2 rings (SSSR count). The lowest BCUT2D eigenvalue weighted by Gasteiger charge is -2.10. The molecule has 0 radical (unpaired) electrons. The van der Waals surface area contributed by atoms with E-state index in [9.17, 15) is 8.42 Å². The quantitative estimate of drug-likeness (QED) is 0.630. The van der Waals surface area contributed by atoms with Crippen LogP contribution in [0, 0.1) is 0 Å². The van der Waals surface area contributed by atoms with Crippen molar-refractivity contribution in [3.05, 3.63) is 59.7 Å². The lowest BCUT2D eigenvalue weighted by atomic mass is 10.2. The van der Waals surface area contributed by atoms with Crippen LogP contribution in [0.5, 0.6) is 11.5 Å². The van der Waals surface area contributed by atoms with Gasteiger partial charge in [-0.3, -0.25) is 0 Å². The summed E-state index contributed by atoms with van der Waals surface area (Å²) in [7, 11) is -0.133. The van der Waals surface area contributed by atoms with E-state index in [1.807, 2.05) is 42.5 Å². The van der Waals surface area contributed by atoms with Gasteiger partial charge in [-0.05, 0) is 23.3 Å². The molecule has 0 aliphatic carbocycles. The number of hydrogen-bond donors (Lipinski definition) is 2. The van der Waals surface area contributed by atoms with E-state index >= 15 is 0 Å². The topological polar surface area (TPSA) is 76.7 Å². The van der Waals surface area contributed by atoms with Gasteiger partial charge in [0.25, 0.3) is 0 Å². The molecule has 0 aliphatic heterocycles. The minimum absolute atomic E-state index is 0.0148. The van der Waals surface area contributed by atoms with Crippen molar-refractivity contribution in [3.63, 3.8) is 0 Å². The van der Waals surface area contributed by atoms with E-state index in [-0.39, 0.29) is 5.75 Å². The van der Waals surface area contributed by atoms with Gasteiger partial charge in [-0.2, -0.15) is 0 Å². The van der Waals surface area contributed by atoms with E-state index in [1.54, 1.807) is 20.3 Å². The van der Waals surface area contributed by atoms with Crippen molar-refractivity contribution in [1.82, 2.24) is 10.0 Å². The minimum atomic E-state index is -3.32. The molecule has 0 saturated heterocycles. The highest BCUT2D eigenvalue weighted by atomic mass is 32.2. The Balaban J connectivity index is 1.78. The molecule has 6 nitrogen and oxygen atoms in total. The number of rotatable bonds is 10. The fourth-order valence-electron chi connectivity index (χ4n) is 2.27. The Labute approximate surface area is 149 Å². The summed E-state index contributed by atoms with van der Waals surface area (Å²) in [6.07, 6.45) is 0. The zero-order valence-electron chi connectivity index (χ0n) is 14.5. The van der Waals surface area contributed by atoms with E-state index in [2.05, 4.69) is 10.0 Å². The summed E-state index contributed by atoms with van der Waals surface area (Å²) in [5.41, 5.74) is 1.90. The van der Waals surface area contributed by atoms with E-state index < -0.39 is 10.0 Å². The molecule has 2 aromatic rings. The molecular formula is C18H24N2O4S. The van der Waals surface area contributed by atoms with Crippen molar-refractivity contribution >= 4 is 10.0 Å². The number of sulfonamides is 1. The summed E-state index contributed by atoms with van der Waals surface area (Å²) in [5, 5.41) is 3.13. The van der Waals surface area contributed by atoms with Gasteiger partial charge in [-0.25, -0.2) is 13.1 Å². The van der Waals surface area contributed by atoms with Crippen molar-refractivity contribution in [2.24, 2.45) is 0 Å². The molecular weight excluding hydrogens is 340 g/mol. The van der Waals surface area contributed by atoms with Gasteiger partial charge in [-0.15, -0.1) is 0 Å². The van der Waals surface area contributed by atoms with Gasteiger partial charge in [0.1, 0.15) is 11.5 Å². The summed E-state index contributed by atoms with van der Waals surface area (Å²) < 4.78 is 37.1. The largest absolute Gasteiger partial charge is 0.497 e. The molecule has 25 heavy (non-hydrogen) atoms. The van der Waals surface area contributed by atoms with Crippen molar-refractivity contribution in [3.8, 4) is 11.5 Å². The lowest BCUT2D eigenvalue weighted by molar-refractivity contribution is 0.393. The predicted molar refractivity (Wildman–Crippen MR) is 98.3 cm³/mol. The normalized spacial score (nSPS) is 11.3. The molecule has 0 unspecified atom stereocenters. The Kier molecular flexibility index (Phi) is 7.24. The highest BCUT2D eigenvalue weighted by Crippen LogP contribution is 2.22. The smallest absolute Gasteiger partial charge is 0.213 e. The number of methoxy groups -OCH3 is 2. The second-order valence-electron chi connectivity index (χ2n) is 5.52. The van der Waals surface area contributed by atoms with Crippen molar-refractivity contribution in [1.29, 1.82) is 0 Å². The molecule has 0 aliphatic rings. The molecule has 0 heterocycles. The molecule has 0 atom stereocenters. The van der Waals surface area contributed by atoms with Gasteiger partial charge in [0, 0.05) is 25.7 Å². The molecule has 2 N–H and O–H groups in total. The number of hydrogen-bond acceptors (Lipinski definition) is 5. The van der Waals surface area contributed by atoms with Crippen LogP contribution in [0.4, 0.5) is 0 Å². The van der Waals surface area contributed by atoms with Gasteiger partial charge in [0.2, 0.25) is 10.0 Å². The average molecular weight is 364 g/mol. The van der Waals surface area contributed by atoms with E-state index in [0.29, 0.717) is 31.1 Å². The Morgan fingerprint density at radius 1 is 0.880 bits per heavy atom. The van der Waals surface area contributed by atoms with Crippen LogP contribution in [0.2, 0.25) is 0 Å². The first kappa shape index (κ1) is 19.2. The minimum Gasteiger partial charge on any atom is -0.497 e. The third-order valence-electron chi connectivity index (χ3n) is 3.63. The maximum absolute atomic E-state index is 12.0. The summed E-state index contributed by atoms with van der Waals surface area (Å²) in [5.74, 6) is 1.42. The Bertz CT molecular complexity index is 742. The third kappa shape index (κ3) is 6.74. The average Bonchev–Trinajstić information content (AvgIpc) is 2.64. The first-order valence-corrected chi connectivity index (χ1v) is 9.61. The van der Waals surface area contributed by atoms with E-state index in [0.717, 1.165) is 11.1 Å². The maximum Gasteiger partial charge on any atom is 0.213 e. The zero-order valence-corrected chi connectivity index (χ0v) is 15.3. The standard InChI is InChI=1S/C18H24N2O4S/c1-23-17-10-16(11-18(12-17)24-2)13-19-8-9-25(21,22)20-14-15-6-4-3-5-7-15/h3-7,10-12,19-20H,8-9,13-14H2,1-2H3. The van der Waals surface area contributed by atoms with Crippen LogP contribution >= 0.6 is 0 Å². The van der Waals surface area contributed by atoms with Gasteiger partial charge < -0.3 is 14.8 Å². The van der Waals surface area contributed by atoms with E-state index in [4.69, 9.17) is 9.47 Å². The van der Waals surface area contributed by atoms with Crippen molar-refractivity contribution in [2.75, 3.05) is 26.5 Å². The molecule has 0 aromatic heterocycles. The van der Waals surface area contributed by atoms with Crippen molar-refractivity contribution in [2.45, 2.75) is 13.1 Å². The van der Waals surface area contributed by atoms with Gasteiger partial charge in [0.05, 0.1) is 20.0 Å². The Morgan fingerprint density at radius 2 is 1.52 bits per heavy atom. The number of ether oxygens (including phenoxy) is 2. The van der Waals surface area contributed by atoms with Gasteiger partial charge in [0.15, 0.2) is 0 Å². The zero-order chi connectivity index (χ0) is 18.1. The molecule has 2 aromatic carbocycles. The number of benzene rings is 2. The van der Waals surface area contributed by atoms with Crippen LogP contribution in [0.15, 0.2) is 48.5 Å². The van der Waals surface area contributed by atoms with Crippen LogP contribution in [0.25, 0.3) is 0 Å². The van der Waals surface area contributed by atoms with Gasteiger partial charge in [-0.1, -0.05) is 30.3 Å². The van der Waals surface area contributed by atoms with Crippen LogP contribution < -0.4 is 19.5 Å². The maximum atomic E-state index is 12.0. The first-order valence-electron chi connectivity index (χ1n) is 7.96.